The minimum Gasteiger partial charge on any atom is -0.507 e. The fourth-order valence-corrected chi connectivity index (χ4v) is 1.87. The van der Waals surface area contributed by atoms with Crippen LogP contribution in [-0.4, -0.2) is 5.11 Å². The smallest absolute Gasteiger partial charge is 0.123 e. The van der Waals surface area contributed by atoms with E-state index in [4.69, 9.17) is 5.73 Å². The summed E-state index contributed by atoms with van der Waals surface area (Å²) in [5, 5.41) is 9.96. The third kappa shape index (κ3) is 2.44. The number of halogens is 1. The molecule has 2 nitrogen and oxygen atoms in total. The Morgan fingerprint density at radius 2 is 2.13 bits per heavy atom. The summed E-state index contributed by atoms with van der Waals surface area (Å²) in [6.45, 7) is 2.04. The van der Waals surface area contributed by atoms with Crippen molar-refractivity contribution in [2.45, 2.75) is 32.2 Å². The van der Waals surface area contributed by atoms with Crippen LogP contribution in [0.4, 0.5) is 0 Å². The maximum atomic E-state index is 9.96. The fourth-order valence-electron chi connectivity index (χ4n) is 1.87. The van der Waals surface area contributed by atoms with Crippen molar-refractivity contribution < 1.29 is 5.11 Å². The highest BCUT2D eigenvalue weighted by atomic mass is 35.5. The highest BCUT2D eigenvalue weighted by Gasteiger charge is 2.31. The Balaban J connectivity index is 0.00000112. The second-order valence-electron chi connectivity index (χ2n) is 4.07. The first-order chi connectivity index (χ1) is 6.74. The van der Waals surface area contributed by atoms with Crippen molar-refractivity contribution in [3.05, 3.63) is 29.3 Å². The first-order valence-electron chi connectivity index (χ1n) is 5.30. The van der Waals surface area contributed by atoms with Gasteiger partial charge in [0.1, 0.15) is 5.75 Å². The Labute approximate surface area is 96.9 Å². The Bertz CT molecular complexity index is 336. The van der Waals surface area contributed by atoms with Gasteiger partial charge in [-0.15, -0.1) is 12.4 Å². The molecule has 0 spiro atoms. The number of hydrogen-bond donors (Lipinski definition) is 2. The third-order valence-electron chi connectivity index (χ3n) is 3.02. The summed E-state index contributed by atoms with van der Waals surface area (Å²) in [6, 6.07) is 5.91. The Morgan fingerprint density at radius 3 is 2.67 bits per heavy atom. The van der Waals surface area contributed by atoms with Crippen LogP contribution in [0.3, 0.4) is 0 Å². The van der Waals surface area contributed by atoms with Crippen molar-refractivity contribution in [2.24, 2.45) is 11.7 Å². The molecule has 2 rings (SSSR count). The molecule has 0 bridgehead atoms. The summed E-state index contributed by atoms with van der Waals surface area (Å²) in [5.41, 5.74) is 7.99. The van der Waals surface area contributed by atoms with Crippen molar-refractivity contribution in [1.82, 2.24) is 0 Å². The fraction of sp³-hybridized carbons (Fsp3) is 0.500. The van der Waals surface area contributed by atoms with Crippen molar-refractivity contribution in [3.8, 4) is 5.75 Å². The van der Waals surface area contributed by atoms with E-state index in [9.17, 15) is 5.11 Å². The largest absolute Gasteiger partial charge is 0.507 e. The average molecular weight is 228 g/mol. The molecule has 1 aromatic rings. The van der Waals surface area contributed by atoms with Crippen LogP contribution in [-0.2, 0) is 6.42 Å². The summed E-state index contributed by atoms with van der Waals surface area (Å²) in [6.07, 6.45) is 3.27. The Hall–Kier alpha value is -0.730. The molecular formula is C12H18ClNO. The van der Waals surface area contributed by atoms with Crippen LogP contribution in [0, 0.1) is 5.92 Å². The number of aromatic hydroxyl groups is 1. The third-order valence-corrected chi connectivity index (χ3v) is 3.02. The molecule has 1 saturated carbocycles. The maximum absolute atomic E-state index is 9.96. The molecule has 3 N–H and O–H groups in total. The lowest BCUT2D eigenvalue weighted by Crippen LogP contribution is -2.12. The number of phenols is 1. The van der Waals surface area contributed by atoms with Gasteiger partial charge < -0.3 is 10.8 Å². The van der Waals surface area contributed by atoms with Crippen LogP contribution in [0.15, 0.2) is 18.2 Å². The lowest BCUT2D eigenvalue weighted by atomic mass is 9.98. The minimum absolute atomic E-state index is 0. The zero-order chi connectivity index (χ0) is 10.1. The lowest BCUT2D eigenvalue weighted by Gasteiger charge is -2.14. The number of phenolic OH excluding ortho intramolecular Hbond substituents is 1. The van der Waals surface area contributed by atoms with Gasteiger partial charge in [-0.2, -0.15) is 0 Å². The quantitative estimate of drug-likeness (QED) is 0.834. The first kappa shape index (κ1) is 12.3. The summed E-state index contributed by atoms with van der Waals surface area (Å²) >= 11 is 0. The van der Waals surface area contributed by atoms with Crippen LogP contribution >= 0.6 is 12.4 Å². The maximum Gasteiger partial charge on any atom is 0.123 e. The minimum atomic E-state index is 0. The number of nitrogens with two attached hydrogens (primary N) is 1. The number of para-hydroxylation sites is 1. The monoisotopic (exact) mass is 227 g/mol. The second kappa shape index (κ2) is 4.86. The van der Waals surface area contributed by atoms with E-state index in [2.05, 4.69) is 0 Å². The molecule has 1 atom stereocenters. The van der Waals surface area contributed by atoms with Gasteiger partial charge >= 0.3 is 0 Å². The highest BCUT2D eigenvalue weighted by molar-refractivity contribution is 5.85. The molecule has 0 amide bonds. The van der Waals surface area contributed by atoms with Gasteiger partial charge in [0.2, 0.25) is 0 Å². The molecule has 84 valence electrons. The molecule has 1 fully saturated rings. The summed E-state index contributed by atoms with van der Waals surface area (Å²) in [4.78, 5) is 0. The number of benzene rings is 1. The second-order valence-corrected chi connectivity index (χ2v) is 4.07. The van der Waals surface area contributed by atoms with Crippen LogP contribution in [0.2, 0.25) is 0 Å². The Kier molecular flexibility index (Phi) is 4.00. The van der Waals surface area contributed by atoms with Crippen molar-refractivity contribution >= 4 is 12.4 Å². The number of rotatable bonds is 3. The predicted octanol–water partition coefficient (Wildman–Crippen LogP) is 2.79. The zero-order valence-electron chi connectivity index (χ0n) is 8.94. The SMILES string of the molecule is CCc1cccc([C@@H](N)C2CC2)c1O.Cl. The standard InChI is InChI=1S/C12H17NO.ClH/c1-2-8-4-3-5-10(12(8)14)11(13)9-6-7-9;/h3-5,9,11,14H,2,6-7,13H2,1H3;1H/t11-;/m0./s1. The van der Waals surface area contributed by atoms with E-state index >= 15 is 0 Å². The molecule has 0 radical (unpaired) electrons. The normalized spacial score (nSPS) is 16.9. The van der Waals surface area contributed by atoms with Crippen molar-refractivity contribution in [3.63, 3.8) is 0 Å². The van der Waals surface area contributed by atoms with Crippen LogP contribution in [0.5, 0.6) is 5.75 Å². The predicted molar refractivity (Wildman–Crippen MR) is 64.4 cm³/mol. The molecule has 0 saturated heterocycles. The topological polar surface area (TPSA) is 46.2 Å². The van der Waals surface area contributed by atoms with E-state index in [0.717, 1.165) is 17.5 Å². The van der Waals surface area contributed by atoms with Gasteiger partial charge in [-0.1, -0.05) is 25.1 Å². The van der Waals surface area contributed by atoms with Crippen LogP contribution < -0.4 is 5.73 Å². The number of aryl methyl sites for hydroxylation is 1. The van der Waals surface area contributed by atoms with Gasteiger partial charge in [0.15, 0.2) is 0 Å². The first-order valence-corrected chi connectivity index (χ1v) is 5.30. The van der Waals surface area contributed by atoms with E-state index < -0.39 is 0 Å². The van der Waals surface area contributed by atoms with E-state index in [1.165, 1.54) is 12.8 Å². The Morgan fingerprint density at radius 1 is 1.47 bits per heavy atom. The molecule has 0 aliphatic heterocycles. The van der Waals surface area contributed by atoms with Crippen LogP contribution in [0.25, 0.3) is 0 Å². The number of hydrogen-bond acceptors (Lipinski definition) is 2. The summed E-state index contributed by atoms with van der Waals surface area (Å²) in [7, 11) is 0. The molecule has 3 heteroatoms. The van der Waals surface area contributed by atoms with Gasteiger partial charge in [-0.05, 0) is 30.7 Å². The molecule has 1 aliphatic carbocycles. The average Bonchev–Trinajstić information content (AvgIpc) is 3.00. The van der Waals surface area contributed by atoms with Gasteiger partial charge in [-0.25, -0.2) is 0 Å². The van der Waals surface area contributed by atoms with E-state index in [0.29, 0.717) is 11.7 Å². The van der Waals surface area contributed by atoms with E-state index in [1.54, 1.807) is 0 Å². The van der Waals surface area contributed by atoms with Crippen LogP contribution in [0.1, 0.15) is 36.9 Å². The van der Waals surface area contributed by atoms with Crippen molar-refractivity contribution in [2.75, 3.05) is 0 Å². The van der Waals surface area contributed by atoms with E-state index in [1.807, 2.05) is 25.1 Å². The summed E-state index contributed by atoms with van der Waals surface area (Å²) in [5.74, 6) is 1.00. The molecule has 0 unspecified atom stereocenters. The van der Waals surface area contributed by atoms with Gasteiger partial charge in [-0.3, -0.25) is 0 Å². The van der Waals surface area contributed by atoms with Crippen molar-refractivity contribution in [1.29, 1.82) is 0 Å². The molecule has 1 aromatic carbocycles. The van der Waals surface area contributed by atoms with E-state index in [-0.39, 0.29) is 18.4 Å². The van der Waals surface area contributed by atoms with Gasteiger partial charge in [0.05, 0.1) is 0 Å². The lowest BCUT2D eigenvalue weighted by molar-refractivity contribution is 0.450. The zero-order valence-corrected chi connectivity index (χ0v) is 9.76. The van der Waals surface area contributed by atoms with Gasteiger partial charge in [0, 0.05) is 11.6 Å². The molecule has 1 aliphatic rings. The summed E-state index contributed by atoms with van der Waals surface area (Å²) < 4.78 is 0. The molecule has 0 aromatic heterocycles. The molecule has 15 heavy (non-hydrogen) atoms. The van der Waals surface area contributed by atoms with Gasteiger partial charge in [0.25, 0.3) is 0 Å². The molecule has 0 heterocycles. The molecular weight excluding hydrogens is 210 g/mol. The highest BCUT2D eigenvalue weighted by Crippen LogP contribution is 2.42.